The van der Waals surface area contributed by atoms with Crippen molar-refractivity contribution in [3.05, 3.63) is 59.7 Å². The van der Waals surface area contributed by atoms with Gasteiger partial charge in [0.1, 0.15) is 5.75 Å². The van der Waals surface area contributed by atoms with Crippen LogP contribution in [0.25, 0.3) is 0 Å². The molecule has 0 amide bonds. The van der Waals surface area contributed by atoms with Crippen LogP contribution < -0.4 is 4.72 Å². The maximum absolute atomic E-state index is 12.1. The minimum atomic E-state index is -3.60. The highest BCUT2D eigenvalue weighted by Crippen LogP contribution is 2.19. The Morgan fingerprint density at radius 2 is 1.64 bits per heavy atom. The summed E-state index contributed by atoms with van der Waals surface area (Å²) in [6.45, 7) is 0.298. The minimum absolute atomic E-state index is 0.0141. The van der Waals surface area contributed by atoms with Gasteiger partial charge in [0.05, 0.1) is 11.0 Å². The molecule has 0 fully saturated rings. The van der Waals surface area contributed by atoms with Crippen LogP contribution in [0.2, 0.25) is 0 Å². The zero-order valence-corrected chi connectivity index (χ0v) is 14.6. The van der Waals surface area contributed by atoms with Crippen LogP contribution in [-0.2, 0) is 16.4 Å². The zero-order chi connectivity index (χ0) is 18.3. The van der Waals surface area contributed by atoms with Crippen LogP contribution in [0.3, 0.4) is 0 Å². The molecular formula is C18H23NO5S. The van der Waals surface area contributed by atoms with E-state index in [2.05, 4.69) is 4.72 Å². The number of hydrogen-bond acceptors (Lipinski definition) is 5. The van der Waals surface area contributed by atoms with Crippen LogP contribution in [0.5, 0.6) is 5.75 Å². The number of hydrogen-bond donors (Lipinski definition) is 4. The van der Waals surface area contributed by atoms with Gasteiger partial charge in [-0.1, -0.05) is 24.3 Å². The molecule has 2 rings (SSSR count). The number of benzene rings is 2. The molecule has 0 aromatic heterocycles. The Hall–Kier alpha value is -1.93. The average Bonchev–Trinajstić information content (AvgIpc) is 2.60. The second-order valence-corrected chi connectivity index (χ2v) is 7.53. The number of aliphatic hydroxyl groups excluding tert-OH is 2. The fourth-order valence-corrected chi connectivity index (χ4v) is 3.43. The molecule has 0 spiro atoms. The summed E-state index contributed by atoms with van der Waals surface area (Å²) < 4.78 is 26.8. The molecule has 2 aromatic carbocycles. The SMILES string of the molecule is O=S(=O)(NCCc1ccc(C(O)CCCO)cc1)c1ccc(O)cc1. The molecule has 4 N–H and O–H groups in total. The Labute approximate surface area is 147 Å². The molecule has 0 aliphatic carbocycles. The number of phenolic OH excluding ortho intramolecular Hbond substituents is 1. The lowest BCUT2D eigenvalue weighted by Gasteiger charge is -2.11. The molecule has 0 saturated heterocycles. The van der Waals surface area contributed by atoms with E-state index in [0.717, 1.165) is 11.1 Å². The van der Waals surface area contributed by atoms with Gasteiger partial charge in [-0.2, -0.15) is 0 Å². The van der Waals surface area contributed by atoms with Crippen LogP contribution in [0, 0.1) is 0 Å². The number of rotatable bonds is 9. The molecule has 1 atom stereocenters. The second kappa shape index (κ2) is 8.96. The van der Waals surface area contributed by atoms with Crippen molar-refractivity contribution in [1.29, 1.82) is 0 Å². The second-order valence-electron chi connectivity index (χ2n) is 5.76. The van der Waals surface area contributed by atoms with Gasteiger partial charge in [-0.25, -0.2) is 13.1 Å². The fourth-order valence-electron chi connectivity index (χ4n) is 2.40. The zero-order valence-electron chi connectivity index (χ0n) is 13.8. The lowest BCUT2D eigenvalue weighted by molar-refractivity contribution is 0.152. The summed E-state index contributed by atoms with van der Waals surface area (Å²) in [6.07, 6.45) is 0.961. The van der Waals surface area contributed by atoms with Crippen LogP contribution in [-0.4, -0.2) is 36.9 Å². The maximum Gasteiger partial charge on any atom is 0.240 e. The lowest BCUT2D eigenvalue weighted by atomic mass is 10.0. The highest BCUT2D eigenvalue weighted by Gasteiger charge is 2.13. The first-order valence-electron chi connectivity index (χ1n) is 8.09. The van der Waals surface area contributed by atoms with Gasteiger partial charge in [0, 0.05) is 13.2 Å². The Morgan fingerprint density at radius 1 is 1.00 bits per heavy atom. The van der Waals surface area contributed by atoms with E-state index in [-0.39, 0.29) is 23.8 Å². The Kier molecular flexibility index (Phi) is 6.95. The molecule has 0 aliphatic heterocycles. The molecule has 136 valence electrons. The summed E-state index contributed by atoms with van der Waals surface area (Å²) in [5, 5.41) is 27.9. The largest absolute Gasteiger partial charge is 0.508 e. The summed E-state index contributed by atoms with van der Waals surface area (Å²) in [5.41, 5.74) is 1.73. The Balaban J connectivity index is 1.88. The fraction of sp³-hybridized carbons (Fsp3) is 0.333. The van der Waals surface area contributed by atoms with Crippen LogP contribution in [0.1, 0.15) is 30.1 Å². The molecule has 0 heterocycles. The molecule has 25 heavy (non-hydrogen) atoms. The van der Waals surface area contributed by atoms with Crippen molar-refractivity contribution < 1.29 is 23.7 Å². The predicted octanol–water partition coefficient (Wildman–Crippen LogP) is 1.72. The predicted molar refractivity (Wildman–Crippen MR) is 94.7 cm³/mol. The van der Waals surface area contributed by atoms with E-state index in [9.17, 15) is 18.6 Å². The standard InChI is InChI=1S/C18H23NO5S/c20-13-1-2-18(22)15-5-3-14(4-6-15)11-12-19-25(23,24)17-9-7-16(21)8-10-17/h3-10,18-22H,1-2,11-13H2. The van der Waals surface area contributed by atoms with Crippen LogP contribution in [0.15, 0.2) is 53.4 Å². The number of sulfonamides is 1. The van der Waals surface area contributed by atoms with Crippen molar-refractivity contribution in [3.8, 4) is 5.75 Å². The summed E-state index contributed by atoms with van der Waals surface area (Å²) in [6, 6.07) is 12.7. The smallest absolute Gasteiger partial charge is 0.240 e. The monoisotopic (exact) mass is 365 g/mol. The molecule has 1 unspecified atom stereocenters. The van der Waals surface area contributed by atoms with Crippen molar-refractivity contribution in [3.63, 3.8) is 0 Å². The molecule has 0 aliphatic rings. The number of aromatic hydroxyl groups is 1. The van der Waals surface area contributed by atoms with E-state index in [1.54, 1.807) is 0 Å². The van der Waals surface area contributed by atoms with Crippen molar-refractivity contribution >= 4 is 10.0 Å². The highest BCUT2D eigenvalue weighted by atomic mass is 32.2. The Morgan fingerprint density at radius 3 is 2.24 bits per heavy atom. The van der Waals surface area contributed by atoms with Crippen molar-refractivity contribution in [1.82, 2.24) is 4.72 Å². The highest BCUT2D eigenvalue weighted by molar-refractivity contribution is 7.89. The molecule has 0 saturated carbocycles. The third kappa shape index (κ3) is 5.82. The van der Waals surface area contributed by atoms with Gasteiger partial charge in [-0.3, -0.25) is 0 Å². The lowest BCUT2D eigenvalue weighted by Crippen LogP contribution is -2.25. The van der Waals surface area contributed by atoms with E-state index in [0.29, 0.717) is 19.3 Å². The maximum atomic E-state index is 12.1. The van der Waals surface area contributed by atoms with Gasteiger partial charge in [0.15, 0.2) is 0 Å². The third-order valence-electron chi connectivity index (χ3n) is 3.85. The summed E-state index contributed by atoms with van der Waals surface area (Å²) in [5.74, 6) is 0.0141. The quantitative estimate of drug-likeness (QED) is 0.541. The summed E-state index contributed by atoms with van der Waals surface area (Å²) >= 11 is 0. The van der Waals surface area contributed by atoms with Gasteiger partial charge < -0.3 is 15.3 Å². The molecule has 7 heteroatoms. The molecule has 2 aromatic rings. The summed E-state index contributed by atoms with van der Waals surface area (Å²) in [4.78, 5) is 0.104. The van der Waals surface area contributed by atoms with Gasteiger partial charge in [0.25, 0.3) is 0 Å². The van der Waals surface area contributed by atoms with Crippen molar-refractivity contribution in [2.45, 2.75) is 30.3 Å². The average molecular weight is 365 g/mol. The van der Waals surface area contributed by atoms with Gasteiger partial charge in [-0.05, 0) is 54.7 Å². The van der Waals surface area contributed by atoms with Gasteiger partial charge >= 0.3 is 0 Å². The molecular weight excluding hydrogens is 342 g/mol. The van der Waals surface area contributed by atoms with E-state index in [1.165, 1.54) is 24.3 Å². The molecule has 6 nitrogen and oxygen atoms in total. The van der Waals surface area contributed by atoms with E-state index < -0.39 is 16.1 Å². The normalized spacial score (nSPS) is 12.9. The first-order chi connectivity index (χ1) is 11.9. The number of nitrogens with one attached hydrogen (secondary N) is 1. The molecule has 0 radical (unpaired) electrons. The van der Waals surface area contributed by atoms with E-state index in [1.807, 2.05) is 24.3 Å². The van der Waals surface area contributed by atoms with Gasteiger partial charge in [-0.15, -0.1) is 0 Å². The van der Waals surface area contributed by atoms with Crippen molar-refractivity contribution in [2.24, 2.45) is 0 Å². The van der Waals surface area contributed by atoms with Gasteiger partial charge in [0.2, 0.25) is 10.0 Å². The molecule has 0 bridgehead atoms. The minimum Gasteiger partial charge on any atom is -0.508 e. The van der Waals surface area contributed by atoms with Crippen molar-refractivity contribution in [2.75, 3.05) is 13.2 Å². The van der Waals surface area contributed by atoms with Crippen LogP contribution in [0.4, 0.5) is 0 Å². The summed E-state index contributed by atoms with van der Waals surface area (Å²) in [7, 11) is -3.60. The first kappa shape index (κ1) is 19.4. The van der Waals surface area contributed by atoms with Crippen LogP contribution >= 0.6 is 0 Å². The Bertz CT molecular complexity index is 757. The number of phenols is 1. The van der Waals surface area contributed by atoms with E-state index in [4.69, 9.17) is 5.11 Å². The number of aliphatic hydroxyl groups is 2. The topological polar surface area (TPSA) is 107 Å². The third-order valence-corrected chi connectivity index (χ3v) is 5.33. The first-order valence-corrected chi connectivity index (χ1v) is 9.57. The van der Waals surface area contributed by atoms with E-state index >= 15 is 0 Å².